The second kappa shape index (κ2) is 13.3. The Hall–Kier alpha value is -3.39. The summed E-state index contributed by atoms with van der Waals surface area (Å²) in [6.07, 6.45) is 0.633. The molecule has 4 aromatic rings. The number of fused-ring (bicyclic) bond motifs is 1. The Morgan fingerprint density at radius 1 is 1.05 bits per heavy atom. The van der Waals surface area contributed by atoms with Gasteiger partial charge in [0.1, 0.15) is 0 Å². The fraction of sp³-hybridized carbons (Fsp3) is 0.312. The molecular weight excluding hydrogens is 521 g/mol. The summed E-state index contributed by atoms with van der Waals surface area (Å²) < 4.78 is 1.81. The number of hydrogen-bond donors (Lipinski definition) is 2. The number of halogens is 1. The molecule has 2 N–H and O–H groups in total. The lowest BCUT2D eigenvalue weighted by molar-refractivity contribution is 0.0609. The summed E-state index contributed by atoms with van der Waals surface area (Å²) in [5.41, 5.74) is 3.33. The lowest BCUT2D eigenvalue weighted by Gasteiger charge is -2.36. The fourth-order valence-electron chi connectivity index (χ4n) is 5.17. The van der Waals surface area contributed by atoms with Crippen molar-refractivity contribution in [1.29, 1.82) is 0 Å². The van der Waals surface area contributed by atoms with E-state index in [1.807, 2.05) is 78.6 Å². The summed E-state index contributed by atoms with van der Waals surface area (Å²) in [5.74, 6) is -0.0992. The topological polar surface area (TPSA) is 74.6 Å². The van der Waals surface area contributed by atoms with Crippen molar-refractivity contribution in [3.63, 3.8) is 0 Å². The predicted molar refractivity (Wildman–Crippen MR) is 165 cm³/mol. The van der Waals surface area contributed by atoms with E-state index < -0.39 is 7.05 Å². The van der Waals surface area contributed by atoms with Crippen molar-refractivity contribution in [3.05, 3.63) is 117 Å². The number of aryl methyl sites for hydroxylation is 1. The van der Waals surface area contributed by atoms with Crippen molar-refractivity contribution in [1.82, 2.24) is 14.7 Å². The molecule has 40 heavy (non-hydrogen) atoms. The molecule has 208 valence electrons. The highest BCUT2D eigenvalue weighted by Gasteiger charge is 2.31. The first-order valence-electron chi connectivity index (χ1n) is 13.8. The van der Waals surface area contributed by atoms with Gasteiger partial charge in [0.05, 0.1) is 12.6 Å². The largest absolute Gasteiger partial charge is 0.437 e. The third-order valence-electron chi connectivity index (χ3n) is 7.13. The van der Waals surface area contributed by atoms with E-state index in [4.69, 9.17) is 11.6 Å². The normalized spacial score (nSPS) is 12.1. The van der Waals surface area contributed by atoms with Crippen LogP contribution in [0, 0.1) is 12.8 Å². The molecule has 4 rings (SSSR count). The first-order valence-corrected chi connectivity index (χ1v) is 14.2. The van der Waals surface area contributed by atoms with Crippen LogP contribution in [-0.2, 0) is 6.54 Å². The maximum atomic E-state index is 14.1. The van der Waals surface area contributed by atoms with Crippen LogP contribution in [0.15, 0.2) is 83.7 Å². The van der Waals surface area contributed by atoms with Gasteiger partial charge in [-0.25, -0.2) is 0 Å². The first-order chi connectivity index (χ1) is 19.2. The minimum Gasteiger partial charge on any atom is -0.437 e. The van der Waals surface area contributed by atoms with Gasteiger partial charge >= 0.3 is 7.05 Å². The standard InChI is InChI=1S/C32H37BClN3O3/c1-22(2)30(36(18-8-17-35-33(4)40)31(38)25-13-11-23(3)12-14-25)29-20-26-19-27(34)15-16-28(26)32(39)37(29)21-24-9-6-5-7-10-24/h5-7,9-16,19-20,22,30,35,40H,8,17-18,21H2,1-4H3. The zero-order valence-electron chi connectivity index (χ0n) is 23.6. The molecule has 1 aromatic heterocycles. The van der Waals surface area contributed by atoms with Gasteiger partial charge in [-0.1, -0.05) is 73.5 Å². The Labute approximate surface area is 241 Å². The van der Waals surface area contributed by atoms with Gasteiger partial charge < -0.3 is 19.7 Å². The molecule has 0 fully saturated rings. The van der Waals surface area contributed by atoms with Gasteiger partial charge in [-0.15, -0.1) is 0 Å². The quantitative estimate of drug-likeness (QED) is 0.177. The summed E-state index contributed by atoms with van der Waals surface area (Å²) in [5, 5.41) is 14.6. The third-order valence-corrected chi connectivity index (χ3v) is 7.37. The lowest BCUT2D eigenvalue weighted by atomic mass is 9.89. The molecule has 0 aliphatic rings. The van der Waals surface area contributed by atoms with Crippen molar-refractivity contribution in [2.45, 2.75) is 46.6 Å². The Bertz CT molecular complexity index is 1500. The number of amides is 1. The fourth-order valence-corrected chi connectivity index (χ4v) is 5.35. The van der Waals surface area contributed by atoms with E-state index in [2.05, 4.69) is 19.1 Å². The Balaban J connectivity index is 1.88. The second-order valence-electron chi connectivity index (χ2n) is 10.7. The molecule has 0 bridgehead atoms. The number of pyridine rings is 1. The minimum atomic E-state index is -0.636. The first kappa shape index (κ1) is 29.6. The molecule has 0 aliphatic heterocycles. The maximum Gasteiger partial charge on any atom is 0.373 e. The molecule has 1 heterocycles. The van der Waals surface area contributed by atoms with Gasteiger partial charge in [0, 0.05) is 28.2 Å². The number of nitrogens with zero attached hydrogens (tertiary/aromatic N) is 2. The van der Waals surface area contributed by atoms with Gasteiger partial charge in [0.2, 0.25) is 0 Å². The summed E-state index contributed by atoms with van der Waals surface area (Å²) in [6.45, 7) is 9.20. The zero-order valence-corrected chi connectivity index (χ0v) is 24.4. The average molecular weight is 558 g/mol. The Kier molecular flexibility index (Phi) is 9.85. The molecule has 1 atom stereocenters. The number of benzene rings is 3. The Morgan fingerprint density at radius 2 is 1.75 bits per heavy atom. The van der Waals surface area contributed by atoms with Crippen LogP contribution in [0.25, 0.3) is 10.8 Å². The van der Waals surface area contributed by atoms with Crippen LogP contribution in [0.5, 0.6) is 0 Å². The number of hydrogen-bond acceptors (Lipinski definition) is 4. The van der Waals surface area contributed by atoms with Crippen LogP contribution in [0.1, 0.15) is 53.5 Å². The van der Waals surface area contributed by atoms with Crippen LogP contribution in [0.4, 0.5) is 0 Å². The van der Waals surface area contributed by atoms with E-state index in [-0.39, 0.29) is 23.4 Å². The predicted octanol–water partition coefficient (Wildman–Crippen LogP) is 5.94. The molecule has 6 nitrogen and oxygen atoms in total. The van der Waals surface area contributed by atoms with E-state index in [1.165, 1.54) is 0 Å². The van der Waals surface area contributed by atoms with E-state index in [1.54, 1.807) is 23.5 Å². The number of carbonyl (C=O) groups excluding carboxylic acids is 1. The van der Waals surface area contributed by atoms with E-state index in [0.717, 1.165) is 22.2 Å². The monoisotopic (exact) mass is 557 g/mol. The van der Waals surface area contributed by atoms with Crippen LogP contribution >= 0.6 is 11.6 Å². The minimum absolute atomic E-state index is 0.00261. The highest BCUT2D eigenvalue weighted by Crippen LogP contribution is 2.32. The molecule has 0 radical (unpaired) electrons. The van der Waals surface area contributed by atoms with Gasteiger partial charge in [-0.05, 0) is 80.0 Å². The number of aromatic nitrogens is 1. The summed E-state index contributed by atoms with van der Waals surface area (Å²) in [6, 6.07) is 24.4. The Morgan fingerprint density at radius 3 is 2.40 bits per heavy atom. The van der Waals surface area contributed by atoms with E-state index >= 15 is 0 Å². The van der Waals surface area contributed by atoms with Crippen LogP contribution < -0.4 is 10.8 Å². The molecule has 1 unspecified atom stereocenters. The van der Waals surface area contributed by atoms with Crippen molar-refractivity contribution in [2.24, 2.45) is 5.92 Å². The van der Waals surface area contributed by atoms with E-state index in [9.17, 15) is 14.6 Å². The van der Waals surface area contributed by atoms with Gasteiger partial charge in [0.25, 0.3) is 11.5 Å². The highest BCUT2D eigenvalue weighted by molar-refractivity contribution is 6.45. The molecule has 3 aromatic carbocycles. The molecular formula is C32H37BClN3O3. The summed E-state index contributed by atoms with van der Waals surface area (Å²) >= 11 is 6.35. The SMILES string of the molecule is CB(O)NCCCN(C(=O)c1ccc(C)cc1)C(c1cc2cc(Cl)ccc2c(=O)n1Cc1ccccc1)C(C)C. The number of rotatable bonds is 11. The summed E-state index contributed by atoms with van der Waals surface area (Å²) in [7, 11) is -0.636. The van der Waals surface area contributed by atoms with Gasteiger partial charge in [0.15, 0.2) is 0 Å². The van der Waals surface area contributed by atoms with Crippen molar-refractivity contribution in [2.75, 3.05) is 13.1 Å². The lowest BCUT2D eigenvalue weighted by Crippen LogP contribution is -2.42. The average Bonchev–Trinajstić information content (AvgIpc) is 2.92. The smallest absolute Gasteiger partial charge is 0.373 e. The van der Waals surface area contributed by atoms with Crippen LogP contribution in [0.3, 0.4) is 0 Å². The molecule has 0 saturated carbocycles. The molecule has 0 spiro atoms. The van der Waals surface area contributed by atoms with Crippen molar-refractivity contribution < 1.29 is 9.82 Å². The van der Waals surface area contributed by atoms with Gasteiger partial charge in [-0.2, -0.15) is 0 Å². The second-order valence-corrected chi connectivity index (χ2v) is 11.2. The number of carbonyl (C=O) groups is 1. The van der Waals surface area contributed by atoms with E-state index in [0.29, 0.717) is 42.0 Å². The molecule has 8 heteroatoms. The van der Waals surface area contributed by atoms with Crippen molar-refractivity contribution in [3.8, 4) is 0 Å². The van der Waals surface area contributed by atoms with Crippen molar-refractivity contribution >= 4 is 35.3 Å². The van der Waals surface area contributed by atoms with Gasteiger partial charge in [-0.3, -0.25) is 9.59 Å². The molecule has 0 aliphatic carbocycles. The number of nitrogens with one attached hydrogen (secondary N) is 1. The molecule has 1 amide bonds. The van der Waals surface area contributed by atoms with Crippen LogP contribution in [-0.4, -0.2) is 40.5 Å². The van der Waals surface area contributed by atoms with Crippen LogP contribution in [0.2, 0.25) is 11.8 Å². The molecule has 0 saturated heterocycles. The highest BCUT2D eigenvalue weighted by atomic mass is 35.5. The zero-order chi connectivity index (χ0) is 28.8. The maximum absolute atomic E-state index is 14.1. The third kappa shape index (κ3) is 7.03. The summed E-state index contributed by atoms with van der Waals surface area (Å²) in [4.78, 5) is 30.0.